The molecule has 0 aliphatic carbocycles. The van der Waals surface area contributed by atoms with Gasteiger partial charge in [0.15, 0.2) is 0 Å². The molecule has 0 aromatic heterocycles. The Bertz CT molecular complexity index is 712. The third kappa shape index (κ3) is 3.16. The van der Waals surface area contributed by atoms with Crippen molar-refractivity contribution in [1.82, 2.24) is 9.21 Å². The van der Waals surface area contributed by atoms with Crippen molar-refractivity contribution in [2.24, 2.45) is 0 Å². The quantitative estimate of drug-likeness (QED) is 0.842. The number of carbonyl (C=O) groups is 2. The van der Waals surface area contributed by atoms with Crippen molar-refractivity contribution in [3.63, 3.8) is 0 Å². The molecule has 0 radical (unpaired) electrons. The summed E-state index contributed by atoms with van der Waals surface area (Å²) in [6, 6.07) is 3.45. The van der Waals surface area contributed by atoms with Crippen molar-refractivity contribution in [3.05, 3.63) is 28.8 Å². The van der Waals surface area contributed by atoms with Gasteiger partial charge in [0.25, 0.3) is 0 Å². The molecule has 0 unspecified atom stereocenters. The summed E-state index contributed by atoms with van der Waals surface area (Å²) in [5.41, 5.74) is -0.299. The Hall–Kier alpha value is -1.84. The van der Waals surface area contributed by atoms with Gasteiger partial charge in [-0.25, -0.2) is 18.0 Å². The second-order valence-corrected chi connectivity index (χ2v) is 6.97. The fourth-order valence-electron chi connectivity index (χ4n) is 2.10. The van der Waals surface area contributed by atoms with E-state index >= 15 is 0 Å². The minimum Gasteiger partial charge on any atom is -0.478 e. The van der Waals surface area contributed by atoms with Gasteiger partial charge >= 0.3 is 12.1 Å². The van der Waals surface area contributed by atoms with Gasteiger partial charge in [0.05, 0.1) is 15.5 Å². The predicted molar refractivity (Wildman–Crippen MR) is 76.8 cm³/mol. The molecule has 1 aromatic carbocycles. The Morgan fingerprint density at radius 1 is 1.09 bits per heavy atom. The highest BCUT2D eigenvalue weighted by molar-refractivity contribution is 7.89. The van der Waals surface area contributed by atoms with E-state index in [1.54, 1.807) is 0 Å². The summed E-state index contributed by atoms with van der Waals surface area (Å²) in [6.07, 6.45) is -1.10. The summed E-state index contributed by atoms with van der Waals surface area (Å²) in [7, 11) is -3.89. The molecule has 0 bridgehead atoms. The average Bonchev–Trinajstić information content (AvgIpc) is 2.47. The Kier molecular flexibility index (Phi) is 4.59. The SMILES string of the molecule is O=C(O)c1cc(S(=O)(=O)N2CCN(C(=O)O)CC2)ccc1Cl. The molecule has 120 valence electrons. The van der Waals surface area contributed by atoms with Crippen LogP contribution in [0.15, 0.2) is 23.1 Å². The number of halogens is 1. The largest absolute Gasteiger partial charge is 0.478 e. The molecule has 8 nitrogen and oxygen atoms in total. The fourth-order valence-corrected chi connectivity index (χ4v) is 3.74. The van der Waals surface area contributed by atoms with Gasteiger partial charge in [0.1, 0.15) is 0 Å². The van der Waals surface area contributed by atoms with E-state index in [-0.39, 0.29) is 41.7 Å². The molecular weight excluding hydrogens is 336 g/mol. The lowest BCUT2D eigenvalue weighted by atomic mass is 10.2. The van der Waals surface area contributed by atoms with E-state index in [2.05, 4.69) is 0 Å². The Morgan fingerprint density at radius 2 is 1.68 bits per heavy atom. The molecule has 22 heavy (non-hydrogen) atoms. The second-order valence-electron chi connectivity index (χ2n) is 4.62. The molecule has 10 heteroatoms. The molecule has 0 spiro atoms. The third-order valence-electron chi connectivity index (χ3n) is 3.32. The number of piperazine rings is 1. The van der Waals surface area contributed by atoms with Crippen molar-refractivity contribution < 1.29 is 28.2 Å². The van der Waals surface area contributed by atoms with Crippen molar-refractivity contribution in [2.45, 2.75) is 4.90 Å². The van der Waals surface area contributed by atoms with Crippen molar-refractivity contribution in [1.29, 1.82) is 0 Å². The summed E-state index contributed by atoms with van der Waals surface area (Å²) >= 11 is 5.72. The molecule has 1 aromatic rings. The van der Waals surface area contributed by atoms with Gasteiger partial charge in [0.2, 0.25) is 10.0 Å². The maximum atomic E-state index is 12.5. The summed E-state index contributed by atoms with van der Waals surface area (Å²) in [6.45, 7) is 0.154. The van der Waals surface area contributed by atoms with Gasteiger partial charge in [-0.2, -0.15) is 4.31 Å². The van der Waals surface area contributed by atoms with E-state index in [1.165, 1.54) is 12.1 Å². The third-order valence-corrected chi connectivity index (χ3v) is 5.54. The van der Waals surface area contributed by atoms with Gasteiger partial charge in [-0.15, -0.1) is 0 Å². The molecule has 2 N–H and O–H groups in total. The van der Waals surface area contributed by atoms with Gasteiger partial charge in [-0.05, 0) is 18.2 Å². The number of rotatable bonds is 3. The number of nitrogens with zero attached hydrogens (tertiary/aromatic N) is 2. The van der Waals surface area contributed by atoms with E-state index in [1.807, 2.05) is 0 Å². The summed E-state index contributed by atoms with van der Waals surface area (Å²) in [5.74, 6) is -1.32. The number of sulfonamides is 1. The highest BCUT2D eigenvalue weighted by atomic mass is 35.5. The van der Waals surface area contributed by atoms with Crippen LogP contribution < -0.4 is 0 Å². The first-order valence-corrected chi connectivity index (χ1v) is 8.06. The van der Waals surface area contributed by atoms with E-state index in [0.717, 1.165) is 15.3 Å². The number of carboxylic acids is 1. The molecule has 1 aliphatic rings. The van der Waals surface area contributed by atoms with Crippen LogP contribution in [0.1, 0.15) is 10.4 Å². The van der Waals surface area contributed by atoms with Crippen molar-refractivity contribution in [2.75, 3.05) is 26.2 Å². The second kappa shape index (κ2) is 6.11. The van der Waals surface area contributed by atoms with Crippen LogP contribution in [0, 0.1) is 0 Å². The zero-order chi connectivity index (χ0) is 16.5. The molecule has 1 heterocycles. The van der Waals surface area contributed by atoms with Crippen molar-refractivity contribution >= 4 is 33.7 Å². The number of hydrogen-bond acceptors (Lipinski definition) is 4. The minimum absolute atomic E-state index is 0.0136. The monoisotopic (exact) mass is 348 g/mol. The first-order chi connectivity index (χ1) is 10.2. The first-order valence-electron chi connectivity index (χ1n) is 6.24. The first kappa shape index (κ1) is 16.5. The zero-order valence-corrected chi connectivity index (χ0v) is 12.8. The van der Waals surface area contributed by atoms with E-state index in [0.29, 0.717) is 0 Å². The smallest absolute Gasteiger partial charge is 0.407 e. The zero-order valence-electron chi connectivity index (χ0n) is 11.3. The van der Waals surface area contributed by atoms with Crippen LogP contribution in [-0.2, 0) is 10.0 Å². The minimum atomic E-state index is -3.89. The van der Waals surface area contributed by atoms with Gasteiger partial charge in [-0.3, -0.25) is 0 Å². The molecule has 2 rings (SSSR count). The molecule has 1 saturated heterocycles. The standard InChI is InChI=1S/C12H13ClN2O6S/c13-10-2-1-8(7-9(10)11(16)17)22(20,21)15-5-3-14(4-6-15)12(18)19/h1-2,7H,3-6H2,(H,16,17)(H,18,19). The van der Waals surface area contributed by atoms with Gasteiger partial charge in [-0.1, -0.05) is 11.6 Å². The maximum absolute atomic E-state index is 12.5. The molecular formula is C12H13ClN2O6S. The lowest BCUT2D eigenvalue weighted by Crippen LogP contribution is -2.50. The van der Waals surface area contributed by atoms with Crippen LogP contribution in [0.2, 0.25) is 5.02 Å². The predicted octanol–water partition coefficient (Wildman–Crippen LogP) is 1.02. The molecule has 1 amide bonds. The lowest BCUT2D eigenvalue weighted by molar-refractivity contribution is 0.0696. The van der Waals surface area contributed by atoms with Gasteiger partial charge in [0, 0.05) is 26.2 Å². The summed E-state index contributed by atoms with van der Waals surface area (Å²) in [5, 5.41) is 17.8. The highest BCUT2D eigenvalue weighted by Crippen LogP contribution is 2.23. The maximum Gasteiger partial charge on any atom is 0.407 e. The van der Waals surface area contributed by atoms with Crippen LogP contribution in [0.5, 0.6) is 0 Å². The summed E-state index contributed by atoms with van der Waals surface area (Å²) < 4.78 is 26.1. The van der Waals surface area contributed by atoms with Gasteiger partial charge < -0.3 is 15.1 Å². The van der Waals surface area contributed by atoms with Crippen LogP contribution >= 0.6 is 11.6 Å². The highest BCUT2D eigenvalue weighted by Gasteiger charge is 2.30. The number of aromatic carboxylic acids is 1. The molecule has 0 saturated carbocycles. The lowest BCUT2D eigenvalue weighted by Gasteiger charge is -2.32. The van der Waals surface area contributed by atoms with E-state index < -0.39 is 22.1 Å². The van der Waals surface area contributed by atoms with Crippen LogP contribution in [0.3, 0.4) is 0 Å². The molecule has 1 aliphatic heterocycles. The van der Waals surface area contributed by atoms with Crippen LogP contribution in [-0.4, -0.2) is 66.1 Å². The fraction of sp³-hybridized carbons (Fsp3) is 0.333. The van der Waals surface area contributed by atoms with Crippen LogP contribution in [0.25, 0.3) is 0 Å². The molecule has 1 fully saturated rings. The van der Waals surface area contributed by atoms with Crippen LogP contribution in [0.4, 0.5) is 4.79 Å². The Balaban J connectivity index is 2.26. The summed E-state index contributed by atoms with van der Waals surface area (Å²) in [4.78, 5) is 22.8. The average molecular weight is 349 g/mol. The van der Waals surface area contributed by atoms with Crippen molar-refractivity contribution in [3.8, 4) is 0 Å². The number of amides is 1. The number of benzene rings is 1. The Labute approximate surface area is 131 Å². The topological polar surface area (TPSA) is 115 Å². The Morgan fingerprint density at radius 3 is 2.18 bits per heavy atom. The number of hydrogen-bond donors (Lipinski definition) is 2. The van der Waals surface area contributed by atoms with E-state index in [4.69, 9.17) is 21.8 Å². The number of carboxylic acid groups (broad SMARTS) is 2. The normalized spacial score (nSPS) is 16.5. The van der Waals surface area contributed by atoms with E-state index in [9.17, 15) is 18.0 Å². The molecule has 0 atom stereocenters.